The number of halogens is 2. The van der Waals surface area contributed by atoms with Crippen molar-refractivity contribution in [1.29, 1.82) is 5.26 Å². The predicted molar refractivity (Wildman–Crippen MR) is 64.4 cm³/mol. The van der Waals surface area contributed by atoms with Crippen LogP contribution in [0, 0.1) is 11.3 Å². The first-order valence-corrected chi connectivity index (χ1v) is 5.56. The van der Waals surface area contributed by atoms with Gasteiger partial charge in [-0.1, -0.05) is 29.3 Å². The fourth-order valence-corrected chi connectivity index (χ4v) is 1.56. The van der Waals surface area contributed by atoms with Crippen molar-refractivity contribution in [3.63, 3.8) is 0 Å². The highest BCUT2D eigenvalue weighted by Gasteiger charge is 2.02. The highest BCUT2D eigenvalue weighted by Crippen LogP contribution is 2.29. The summed E-state index contributed by atoms with van der Waals surface area (Å²) in [6.07, 6.45) is 2.46. The molecule has 1 aromatic rings. The van der Waals surface area contributed by atoms with Crippen molar-refractivity contribution in [3.8, 4) is 6.07 Å². The van der Waals surface area contributed by atoms with Crippen molar-refractivity contribution < 1.29 is 0 Å². The standard InChI is InChI=1S/C11H12Cl2N2/c12-9-5-4-6-10(11(9)13)15-8-3-1-2-7-14/h4-6,15H,1-3,8H2. The summed E-state index contributed by atoms with van der Waals surface area (Å²) in [6.45, 7) is 0.807. The molecule has 15 heavy (non-hydrogen) atoms. The molecule has 4 heteroatoms. The van der Waals surface area contributed by atoms with Gasteiger partial charge in [0, 0.05) is 13.0 Å². The lowest BCUT2D eigenvalue weighted by Crippen LogP contribution is -2.01. The molecule has 0 bridgehead atoms. The Morgan fingerprint density at radius 2 is 2.07 bits per heavy atom. The molecule has 80 valence electrons. The Hall–Kier alpha value is -0.910. The third kappa shape index (κ3) is 3.99. The molecule has 0 radical (unpaired) electrons. The summed E-state index contributed by atoms with van der Waals surface area (Å²) in [6, 6.07) is 7.61. The van der Waals surface area contributed by atoms with Crippen LogP contribution in [0.1, 0.15) is 19.3 Å². The number of nitrogens with one attached hydrogen (secondary N) is 1. The molecule has 0 aromatic heterocycles. The van der Waals surface area contributed by atoms with Crippen LogP contribution < -0.4 is 5.32 Å². The first kappa shape index (κ1) is 12.2. The third-order valence-corrected chi connectivity index (χ3v) is 2.80. The van der Waals surface area contributed by atoms with Crippen molar-refractivity contribution in [2.45, 2.75) is 19.3 Å². The van der Waals surface area contributed by atoms with Crippen LogP contribution in [0.5, 0.6) is 0 Å². The van der Waals surface area contributed by atoms with Crippen molar-refractivity contribution in [3.05, 3.63) is 28.2 Å². The van der Waals surface area contributed by atoms with E-state index in [2.05, 4.69) is 11.4 Å². The number of unbranched alkanes of at least 4 members (excludes halogenated alkanes) is 2. The summed E-state index contributed by atoms with van der Waals surface area (Å²) in [5.74, 6) is 0. The minimum Gasteiger partial charge on any atom is -0.384 e. The van der Waals surface area contributed by atoms with Crippen molar-refractivity contribution in [2.75, 3.05) is 11.9 Å². The molecule has 0 heterocycles. The first-order chi connectivity index (χ1) is 7.25. The van der Waals surface area contributed by atoms with Crippen molar-refractivity contribution in [2.24, 2.45) is 0 Å². The van der Waals surface area contributed by atoms with E-state index in [1.165, 1.54) is 0 Å². The van der Waals surface area contributed by atoms with Crippen LogP contribution >= 0.6 is 23.2 Å². The molecule has 2 nitrogen and oxygen atoms in total. The van der Waals surface area contributed by atoms with Crippen LogP contribution in [0.3, 0.4) is 0 Å². The summed E-state index contributed by atoms with van der Waals surface area (Å²) < 4.78 is 0. The maximum absolute atomic E-state index is 8.35. The van der Waals surface area contributed by atoms with E-state index < -0.39 is 0 Å². The molecular formula is C11H12Cl2N2. The van der Waals surface area contributed by atoms with Crippen LogP contribution in [0.15, 0.2) is 18.2 Å². The lowest BCUT2D eigenvalue weighted by molar-refractivity contribution is 0.785. The van der Waals surface area contributed by atoms with Crippen LogP contribution in [-0.2, 0) is 0 Å². The Morgan fingerprint density at radius 1 is 1.27 bits per heavy atom. The van der Waals surface area contributed by atoms with E-state index in [-0.39, 0.29) is 0 Å². The van der Waals surface area contributed by atoms with E-state index >= 15 is 0 Å². The number of nitriles is 1. The van der Waals surface area contributed by atoms with Gasteiger partial charge < -0.3 is 5.32 Å². The second-order valence-electron chi connectivity index (χ2n) is 3.14. The first-order valence-electron chi connectivity index (χ1n) is 4.80. The van der Waals surface area contributed by atoms with Gasteiger partial charge in [0.25, 0.3) is 0 Å². The lowest BCUT2D eigenvalue weighted by Gasteiger charge is -2.08. The summed E-state index contributed by atoms with van der Waals surface area (Å²) in [4.78, 5) is 0. The SMILES string of the molecule is N#CCCCCNc1cccc(Cl)c1Cl. The average Bonchev–Trinajstić information content (AvgIpc) is 2.24. The molecule has 0 saturated heterocycles. The Labute approximate surface area is 99.8 Å². The second kappa shape index (κ2) is 6.55. The smallest absolute Gasteiger partial charge is 0.0823 e. The summed E-state index contributed by atoms with van der Waals surface area (Å²) >= 11 is 11.8. The van der Waals surface area contributed by atoms with E-state index in [4.69, 9.17) is 28.5 Å². The molecule has 0 aliphatic carbocycles. The van der Waals surface area contributed by atoms with Gasteiger partial charge in [0.1, 0.15) is 0 Å². The predicted octanol–water partition coefficient (Wildman–Crippen LogP) is 4.10. The molecule has 1 rings (SSSR count). The van der Waals surface area contributed by atoms with Gasteiger partial charge in [-0.15, -0.1) is 0 Å². The number of benzene rings is 1. The highest BCUT2D eigenvalue weighted by atomic mass is 35.5. The van der Waals surface area contributed by atoms with Gasteiger partial charge >= 0.3 is 0 Å². The second-order valence-corrected chi connectivity index (χ2v) is 3.93. The summed E-state index contributed by atoms with van der Waals surface area (Å²) in [5, 5.41) is 12.7. The molecule has 0 aliphatic heterocycles. The van der Waals surface area contributed by atoms with Crippen LogP contribution in [0.2, 0.25) is 10.0 Å². The Morgan fingerprint density at radius 3 is 2.80 bits per heavy atom. The van der Waals surface area contributed by atoms with Crippen LogP contribution in [-0.4, -0.2) is 6.54 Å². The number of rotatable bonds is 5. The van der Waals surface area contributed by atoms with Crippen LogP contribution in [0.25, 0.3) is 0 Å². The molecule has 1 aromatic carbocycles. The van der Waals surface area contributed by atoms with Gasteiger partial charge in [-0.3, -0.25) is 0 Å². The molecule has 0 atom stereocenters. The molecular weight excluding hydrogens is 231 g/mol. The maximum Gasteiger partial charge on any atom is 0.0823 e. The molecule has 0 aliphatic rings. The van der Waals surface area contributed by atoms with Crippen molar-refractivity contribution in [1.82, 2.24) is 0 Å². The minimum absolute atomic E-state index is 0.554. The van der Waals surface area contributed by atoms with Gasteiger partial charge in [0.05, 0.1) is 21.8 Å². The lowest BCUT2D eigenvalue weighted by atomic mass is 10.2. The number of nitrogens with zero attached hydrogens (tertiary/aromatic N) is 1. The minimum atomic E-state index is 0.554. The summed E-state index contributed by atoms with van der Waals surface area (Å²) in [5.41, 5.74) is 0.848. The topological polar surface area (TPSA) is 35.8 Å². The van der Waals surface area contributed by atoms with E-state index in [1.54, 1.807) is 6.07 Å². The molecule has 0 fully saturated rings. The Balaban J connectivity index is 2.38. The van der Waals surface area contributed by atoms with E-state index in [1.807, 2.05) is 12.1 Å². The van der Waals surface area contributed by atoms with Gasteiger partial charge in [0.2, 0.25) is 0 Å². The fraction of sp³-hybridized carbons (Fsp3) is 0.364. The monoisotopic (exact) mass is 242 g/mol. The van der Waals surface area contributed by atoms with Crippen LogP contribution in [0.4, 0.5) is 5.69 Å². The van der Waals surface area contributed by atoms with Gasteiger partial charge in [-0.25, -0.2) is 0 Å². The zero-order chi connectivity index (χ0) is 11.1. The number of hydrogen-bond donors (Lipinski definition) is 1. The Bertz CT molecular complexity index is 358. The fourth-order valence-electron chi connectivity index (χ4n) is 1.19. The molecule has 0 unspecified atom stereocenters. The molecule has 0 amide bonds. The van der Waals surface area contributed by atoms with Gasteiger partial charge in [0.15, 0.2) is 0 Å². The van der Waals surface area contributed by atoms with Gasteiger partial charge in [-0.2, -0.15) is 5.26 Å². The zero-order valence-electron chi connectivity index (χ0n) is 8.26. The summed E-state index contributed by atoms with van der Waals surface area (Å²) in [7, 11) is 0. The van der Waals surface area contributed by atoms with Crippen molar-refractivity contribution >= 4 is 28.9 Å². The van der Waals surface area contributed by atoms with E-state index in [0.717, 1.165) is 25.1 Å². The van der Waals surface area contributed by atoms with E-state index in [9.17, 15) is 0 Å². The highest BCUT2D eigenvalue weighted by molar-refractivity contribution is 6.43. The van der Waals surface area contributed by atoms with Gasteiger partial charge in [-0.05, 0) is 25.0 Å². The Kier molecular flexibility index (Phi) is 5.31. The van der Waals surface area contributed by atoms with E-state index in [0.29, 0.717) is 16.5 Å². The third-order valence-electron chi connectivity index (χ3n) is 1.98. The molecule has 0 spiro atoms. The molecule has 1 N–H and O–H groups in total. The number of hydrogen-bond acceptors (Lipinski definition) is 2. The maximum atomic E-state index is 8.35. The average molecular weight is 243 g/mol. The largest absolute Gasteiger partial charge is 0.384 e. The normalized spacial score (nSPS) is 9.67. The molecule has 0 saturated carbocycles. The quantitative estimate of drug-likeness (QED) is 0.790. The number of anilines is 1. The zero-order valence-corrected chi connectivity index (χ0v) is 9.78.